The predicted octanol–water partition coefficient (Wildman–Crippen LogP) is 11.3. The van der Waals surface area contributed by atoms with Crippen LogP contribution in [0.4, 0.5) is 17.1 Å². The van der Waals surface area contributed by atoms with E-state index in [4.69, 9.17) is 8.83 Å². The van der Waals surface area contributed by atoms with Crippen LogP contribution in [0.1, 0.15) is 0 Å². The van der Waals surface area contributed by atoms with Gasteiger partial charge in [-0.15, -0.1) is 0 Å². The Balaban J connectivity index is 1.37. The van der Waals surface area contributed by atoms with Gasteiger partial charge in [0.1, 0.15) is 11.2 Å². The molecule has 192 valence electrons. The molecule has 0 radical (unpaired) electrons. The van der Waals surface area contributed by atoms with Crippen LogP contribution in [-0.4, -0.2) is 0 Å². The molecule has 0 amide bonds. The SMILES string of the molecule is c1ccc2c(c1)ccc1cc(N(c3cccc4c3oc3ccccc34)c3cccc4c3oc3ccccc34)ccc12. The molecule has 0 unspecified atom stereocenters. The summed E-state index contributed by atoms with van der Waals surface area (Å²) in [7, 11) is 0. The summed E-state index contributed by atoms with van der Waals surface area (Å²) < 4.78 is 13.1. The highest BCUT2D eigenvalue weighted by molar-refractivity contribution is 6.15. The van der Waals surface area contributed by atoms with E-state index in [0.29, 0.717) is 0 Å². The van der Waals surface area contributed by atoms with Crippen LogP contribution in [0.15, 0.2) is 148 Å². The molecule has 41 heavy (non-hydrogen) atoms. The minimum absolute atomic E-state index is 0.848. The molecule has 0 bridgehead atoms. The zero-order valence-corrected chi connectivity index (χ0v) is 22.0. The summed E-state index contributed by atoms with van der Waals surface area (Å²) in [5.41, 5.74) is 6.41. The van der Waals surface area contributed by atoms with Gasteiger partial charge in [-0.05, 0) is 57.9 Å². The number of anilines is 3. The molecule has 9 aromatic rings. The van der Waals surface area contributed by atoms with Gasteiger partial charge in [-0.1, -0.05) is 103 Å². The first kappa shape index (κ1) is 22.3. The predicted molar refractivity (Wildman–Crippen MR) is 171 cm³/mol. The van der Waals surface area contributed by atoms with Crippen molar-refractivity contribution in [2.75, 3.05) is 4.90 Å². The van der Waals surface area contributed by atoms with Crippen molar-refractivity contribution in [1.82, 2.24) is 0 Å². The molecular weight excluding hydrogens is 502 g/mol. The first-order valence-electron chi connectivity index (χ1n) is 13.9. The van der Waals surface area contributed by atoms with Crippen molar-refractivity contribution < 1.29 is 8.83 Å². The molecular formula is C38H23NO2. The molecule has 3 nitrogen and oxygen atoms in total. The van der Waals surface area contributed by atoms with Gasteiger partial charge in [-0.2, -0.15) is 0 Å². The van der Waals surface area contributed by atoms with Crippen LogP contribution in [-0.2, 0) is 0 Å². The second-order valence-corrected chi connectivity index (χ2v) is 10.5. The minimum Gasteiger partial charge on any atom is -0.454 e. The summed E-state index contributed by atoms with van der Waals surface area (Å²) in [6.07, 6.45) is 0. The number of hydrogen-bond donors (Lipinski definition) is 0. The molecule has 0 saturated carbocycles. The van der Waals surface area contributed by atoms with Gasteiger partial charge in [0.05, 0.1) is 11.4 Å². The number of para-hydroxylation sites is 4. The van der Waals surface area contributed by atoms with Gasteiger partial charge in [-0.25, -0.2) is 0 Å². The highest BCUT2D eigenvalue weighted by Gasteiger charge is 2.23. The van der Waals surface area contributed by atoms with Crippen LogP contribution < -0.4 is 4.90 Å². The van der Waals surface area contributed by atoms with Crippen molar-refractivity contribution in [2.24, 2.45) is 0 Å². The summed E-state index contributed by atoms with van der Waals surface area (Å²) in [6.45, 7) is 0. The van der Waals surface area contributed by atoms with Crippen LogP contribution in [0.5, 0.6) is 0 Å². The van der Waals surface area contributed by atoms with Crippen LogP contribution in [0.25, 0.3) is 65.4 Å². The first-order valence-corrected chi connectivity index (χ1v) is 13.9. The Bertz CT molecular complexity index is 2330. The molecule has 0 aliphatic heterocycles. The van der Waals surface area contributed by atoms with Crippen molar-refractivity contribution in [2.45, 2.75) is 0 Å². The minimum atomic E-state index is 0.848. The highest BCUT2D eigenvalue weighted by Crippen LogP contribution is 2.46. The van der Waals surface area contributed by atoms with E-state index in [1.54, 1.807) is 0 Å². The fraction of sp³-hybridized carbons (Fsp3) is 0. The van der Waals surface area contributed by atoms with Crippen LogP contribution in [0, 0.1) is 0 Å². The van der Waals surface area contributed by atoms with Gasteiger partial charge in [0.15, 0.2) is 11.2 Å². The van der Waals surface area contributed by atoms with E-state index in [-0.39, 0.29) is 0 Å². The highest BCUT2D eigenvalue weighted by atomic mass is 16.3. The van der Waals surface area contributed by atoms with Gasteiger partial charge < -0.3 is 13.7 Å². The Morgan fingerprint density at radius 2 is 0.878 bits per heavy atom. The number of hydrogen-bond acceptors (Lipinski definition) is 3. The Kier molecular flexibility index (Phi) is 4.61. The fourth-order valence-electron chi connectivity index (χ4n) is 6.36. The molecule has 0 aliphatic carbocycles. The molecule has 2 aromatic heterocycles. The third-order valence-corrected chi connectivity index (χ3v) is 8.24. The molecule has 0 saturated heterocycles. The van der Waals surface area contributed by atoms with Gasteiger partial charge in [-0.3, -0.25) is 0 Å². The van der Waals surface area contributed by atoms with Crippen molar-refractivity contribution in [1.29, 1.82) is 0 Å². The molecule has 9 rings (SSSR count). The maximum atomic E-state index is 6.55. The lowest BCUT2D eigenvalue weighted by atomic mass is 10.0. The van der Waals surface area contributed by atoms with Crippen LogP contribution in [0.3, 0.4) is 0 Å². The number of furan rings is 2. The number of rotatable bonds is 3. The number of benzene rings is 7. The Morgan fingerprint density at radius 3 is 1.54 bits per heavy atom. The van der Waals surface area contributed by atoms with E-state index in [2.05, 4.69) is 120 Å². The summed E-state index contributed by atoms with van der Waals surface area (Å²) in [5, 5.41) is 9.30. The van der Waals surface area contributed by atoms with Crippen molar-refractivity contribution in [3.8, 4) is 0 Å². The second kappa shape index (κ2) is 8.48. The zero-order valence-electron chi connectivity index (χ0n) is 22.0. The maximum Gasteiger partial charge on any atom is 0.159 e. The maximum absolute atomic E-state index is 6.55. The molecule has 0 atom stereocenters. The quantitative estimate of drug-likeness (QED) is 0.215. The van der Waals surface area contributed by atoms with E-state index < -0.39 is 0 Å². The largest absolute Gasteiger partial charge is 0.454 e. The topological polar surface area (TPSA) is 29.5 Å². The Morgan fingerprint density at radius 1 is 0.366 bits per heavy atom. The molecule has 2 heterocycles. The van der Waals surface area contributed by atoms with Crippen LogP contribution >= 0.6 is 0 Å². The molecule has 0 spiro atoms. The average molecular weight is 526 g/mol. The molecule has 3 heteroatoms. The third kappa shape index (κ3) is 3.26. The Hall–Kier alpha value is -5.54. The summed E-state index contributed by atoms with van der Waals surface area (Å²) in [6, 6.07) is 48.9. The van der Waals surface area contributed by atoms with Crippen molar-refractivity contribution in [3.63, 3.8) is 0 Å². The molecule has 0 N–H and O–H groups in total. The van der Waals surface area contributed by atoms with Crippen molar-refractivity contribution >= 4 is 82.5 Å². The van der Waals surface area contributed by atoms with Gasteiger partial charge in [0, 0.05) is 27.2 Å². The first-order chi connectivity index (χ1) is 20.3. The lowest BCUT2D eigenvalue weighted by molar-refractivity contribution is 0.666. The van der Waals surface area contributed by atoms with Gasteiger partial charge >= 0.3 is 0 Å². The van der Waals surface area contributed by atoms with Gasteiger partial charge in [0.25, 0.3) is 0 Å². The normalized spacial score (nSPS) is 11.9. The molecule has 7 aromatic carbocycles. The summed E-state index contributed by atoms with van der Waals surface area (Å²) in [4.78, 5) is 2.28. The number of nitrogens with zero attached hydrogens (tertiary/aromatic N) is 1. The van der Waals surface area contributed by atoms with E-state index in [0.717, 1.165) is 60.9 Å². The second-order valence-electron chi connectivity index (χ2n) is 10.5. The van der Waals surface area contributed by atoms with E-state index in [1.807, 2.05) is 24.3 Å². The van der Waals surface area contributed by atoms with E-state index in [1.165, 1.54) is 21.5 Å². The molecule has 0 fully saturated rings. The lowest BCUT2D eigenvalue weighted by Gasteiger charge is -2.26. The zero-order chi connectivity index (χ0) is 26.9. The summed E-state index contributed by atoms with van der Waals surface area (Å²) in [5.74, 6) is 0. The summed E-state index contributed by atoms with van der Waals surface area (Å²) >= 11 is 0. The number of fused-ring (bicyclic) bond motifs is 9. The van der Waals surface area contributed by atoms with Gasteiger partial charge in [0.2, 0.25) is 0 Å². The van der Waals surface area contributed by atoms with Crippen LogP contribution in [0.2, 0.25) is 0 Å². The van der Waals surface area contributed by atoms with E-state index >= 15 is 0 Å². The van der Waals surface area contributed by atoms with E-state index in [9.17, 15) is 0 Å². The Labute approximate surface area is 235 Å². The standard InChI is InChI=1S/C38H23NO2/c1-2-10-27-24(9-1)19-20-25-23-26(21-22-28(25)27)39(33-15-7-13-31-29-11-3-5-17-35(29)40-37(31)33)34-16-8-14-32-30-12-4-6-18-36(30)41-38(32)34/h1-23H. The average Bonchev–Trinajstić information content (AvgIpc) is 3.61. The molecule has 0 aliphatic rings. The van der Waals surface area contributed by atoms with Crippen molar-refractivity contribution in [3.05, 3.63) is 140 Å². The smallest absolute Gasteiger partial charge is 0.159 e. The monoisotopic (exact) mass is 525 g/mol. The third-order valence-electron chi connectivity index (χ3n) is 8.24. The lowest BCUT2D eigenvalue weighted by Crippen LogP contribution is -2.10. The fourth-order valence-corrected chi connectivity index (χ4v) is 6.36.